The Bertz CT molecular complexity index is 263. The molecule has 1 unspecified atom stereocenters. The molecule has 0 aromatic heterocycles. The van der Waals surface area contributed by atoms with Gasteiger partial charge in [-0.3, -0.25) is 0 Å². The van der Waals surface area contributed by atoms with E-state index in [1.165, 1.54) is 11.1 Å². The molecule has 1 atom stereocenters. The van der Waals surface area contributed by atoms with Gasteiger partial charge < -0.3 is 4.90 Å². The van der Waals surface area contributed by atoms with Crippen molar-refractivity contribution in [2.24, 2.45) is 5.92 Å². The van der Waals surface area contributed by atoms with Gasteiger partial charge >= 0.3 is 0 Å². The zero-order valence-electron chi connectivity index (χ0n) is 11.1. The third-order valence-corrected chi connectivity index (χ3v) is 2.89. The van der Waals surface area contributed by atoms with Crippen LogP contribution in [0.25, 0.3) is 0 Å². The summed E-state index contributed by atoms with van der Waals surface area (Å²) in [5.41, 5.74) is 2.74. The molecule has 2 heteroatoms. The third-order valence-electron chi connectivity index (χ3n) is 2.37. The van der Waals surface area contributed by atoms with Gasteiger partial charge in [0.1, 0.15) is 0 Å². The molecule has 1 aromatic carbocycles. The second-order valence-electron chi connectivity index (χ2n) is 4.61. The van der Waals surface area contributed by atoms with Crippen molar-refractivity contribution < 1.29 is 0 Å². The number of hydrogen-bond donors (Lipinski definition) is 0. The lowest BCUT2D eigenvalue weighted by Gasteiger charge is -2.13. The summed E-state index contributed by atoms with van der Waals surface area (Å²) >= 11 is 5.57. The molecule has 0 aliphatic carbocycles. The summed E-state index contributed by atoms with van der Waals surface area (Å²) in [4.78, 5) is 2.15. The Morgan fingerprint density at radius 1 is 1.12 bits per heavy atom. The van der Waals surface area contributed by atoms with Crippen molar-refractivity contribution >= 4 is 11.6 Å². The van der Waals surface area contributed by atoms with Gasteiger partial charge in [0.2, 0.25) is 0 Å². The normalized spacial score (nSPS) is 11.9. The average Bonchev–Trinajstić information content (AvgIpc) is 2.22. The Balaban J connectivity index is 0.000000281. The second-order valence-corrected chi connectivity index (χ2v) is 4.91. The van der Waals surface area contributed by atoms with Crippen LogP contribution in [-0.2, 0) is 0 Å². The Labute approximate surface area is 105 Å². The van der Waals surface area contributed by atoms with Crippen molar-refractivity contribution in [3.8, 4) is 0 Å². The molecular formula is C14H24ClN. The predicted molar refractivity (Wildman–Crippen MR) is 74.4 cm³/mol. The Morgan fingerprint density at radius 3 is 1.75 bits per heavy atom. The summed E-state index contributed by atoms with van der Waals surface area (Å²) in [6.07, 6.45) is 0. The number of nitrogens with zero attached hydrogens (tertiary/aromatic N) is 1. The van der Waals surface area contributed by atoms with Crippen molar-refractivity contribution in [3.05, 3.63) is 35.4 Å². The molecule has 0 heterocycles. The van der Waals surface area contributed by atoms with E-state index < -0.39 is 0 Å². The topological polar surface area (TPSA) is 3.24 Å². The van der Waals surface area contributed by atoms with E-state index in [9.17, 15) is 0 Å². The van der Waals surface area contributed by atoms with Gasteiger partial charge in [-0.25, -0.2) is 0 Å². The van der Waals surface area contributed by atoms with Crippen LogP contribution in [0.1, 0.15) is 18.1 Å². The molecular weight excluding hydrogens is 218 g/mol. The summed E-state index contributed by atoms with van der Waals surface area (Å²) in [6.45, 7) is 7.47. The highest BCUT2D eigenvalue weighted by Gasteiger charge is 1.98. The van der Waals surface area contributed by atoms with Gasteiger partial charge in [-0.05, 0) is 45.0 Å². The van der Waals surface area contributed by atoms with Gasteiger partial charge in [-0.15, -0.1) is 11.6 Å². The first-order valence-corrected chi connectivity index (χ1v) is 6.23. The summed E-state index contributed by atoms with van der Waals surface area (Å²) in [5, 5.41) is 0. The monoisotopic (exact) mass is 241 g/mol. The van der Waals surface area contributed by atoms with Gasteiger partial charge in [0.05, 0.1) is 0 Å². The molecule has 0 saturated heterocycles. The quantitative estimate of drug-likeness (QED) is 0.729. The van der Waals surface area contributed by atoms with Gasteiger partial charge in [-0.2, -0.15) is 0 Å². The number of benzene rings is 1. The first kappa shape index (κ1) is 15.5. The molecule has 1 rings (SSSR count). The zero-order valence-corrected chi connectivity index (χ0v) is 11.9. The smallest absolute Gasteiger partial charge is 0.0261 e. The molecule has 92 valence electrons. The molecule has 1 aromatic rings. The first-order chi connectivity index (χ1) is 7.47. The lowest BCUT2D eigenvalue weighted by Crippen LogP contribution is -2.20. The van der Waals surface area contributed by atoms with Crippen LogP contribution in [-0.4, -0.2) is 31.4 Å². The molecule has 0 radical (unpaired) electrons. The summed E-state index contributed by atoms with van der Waals surface area (Å²) < 4.78 is 0. The first-order valence-electron chi connectivity index (χ1n) is 5.70. The third kappa shape index (κ3) is 7.72. The van der Waals surface area contributed by atoms with E-state index in [0.717, 1.165) is 12.4 Å². The van der Waals surface area contributed by atoms with Crippen LogP contribution in [0.15, 0.2) is 24.3 Å². The Kier molecular flexibility index (Phi) is 8.32. The minimum atomic E-state index is 0.617. The number of aryl methyl sites for hydroxylation is 2. The van der Waals surface area contributed by atoms with Gasteiger partial charge in [0, 0.05) is 12.4 Å². The van der Waals surface area contributed by atoms with E-state index >= 15 is 0 Å². The molecule has 0 aliphatic rings. The van der Waals surface area contributed by atoms with Crippen LogP contribution in [0.2, 0.25) is 0 Å². The van der Waals surface area contributed by atoms with Crippen molar-refractivity contribution in [1.82, 2.24) is 4.90 Å². The van der Waals surface area contributed by atoms with Gasteiger partial charge in [0.15, 0.2) is 0 Å². The maximum atomic E-state index is 5.57. The van der Waals surface area contributed by atoms with Crippen LogP contribution < -0.4 is 0 Å². The number of alkyl halides is 1. The average molecular weight is 242 g/mol. The molecule has 0 bridgehead atoms. The molecule has 0 N–H and O–H groups in total. The van der Waals surface area contributed by atoms with E-state index in [4.69, 9.17) is 11.6 Å². The van der Waals surface area contributed by atoms with Crippen molar-refractivity contribution in [1.29, 1.82) is 0 Å². The van der Waals surface area contributed by atoms with E-state index in [1.807, 2.05) is 0 Å². The SMILES string of the molecule is CC(CCl)CN(C)C.Cc1ccccc1C. The largest absolute Gasteiger partial charge is 0.309 e. The maximum Gasteiger partial charge on any atom is 0.0261 e. The van der Waals surface area contributed by atoms with Crippen molar-refractivity contribution in [2.45, 2.75) is 20.8 Å². The highest BCUT2D eigenvalue weighted by molar-refractivity contribution is 6.18. The fraction of sp³-hybridized carbons (Fsp3) is 0.571. The fourth-order valence-corrected chi connectivity index (χ4v) is 1.43. The highest BCUT2D eigenvalue weighted by Crippen LogP contribution is 2.02. The number of rotatable bonds is 3. The van der Waals surface area contributed by atoms with E-state index in [0.29, 0.717) is 5.92 Å². The maximum absolute atomic E-state index is 5.57. The molecule has 0 spiro atoms. The van der Waals surface area contributed by atoms with Gasteiger partial charge in [-0.1, -0.05) is 31.2 Å². The molecule has 1 nitrogen and oxygen atoms in total. The molecule has 0 aliphatic heterocycles. The minimum Gasteiger partial charge on any atom is -0.309 e. The second kappa shape index (κ2) is 8.60. The lowest BCUT2D eigenvalue weighted by atomic mass is 10.1. The molecule has 0 saturated carbocycles. The summed E-state index contributed by atoms with van der Waals surface area (Å²) in [6, 6.07) is 8.36. The van der Waals surface area contributed by atoms with Crippen LogP contribution in [0.3, 0.4) is 0 Å². The van der Waals surface area contributed by atoms with Crippen LogP contribution in [0, 0.1) is 19.8 Å². The van der Waals surface area contributed by atoms with E-state index in [-0.39, 0.29) is 0 Å². The van der Waals surface area contributed by atoms with Crippen molar-refractivity contribution in [3.63, 3.8) is 0 Å². The molecule has 16 heavy (non-hydrogen) atoms. The van der Waals surface area contributed by atoms with Crippen LogP contribution >= 0.6 is 11.6 Å². The van der Waals surface area contributed by atoms with E-state index in [2.05, 4.69) is 64.0 Å². The Morgan fingerprint density at radius 2 is 1.56 bits per heavy atom. The Hall–Kier alpha value is -0.530. The van der Waals surface area contributed by atoms with Crippen LogP contribution in [0.4, 0.5) is 0 Å². The van der Waals surface area contributed by atoms with Crippen molar-refractivity contribution in [2.75, 3.05) is 26.5 Å². The lowest BCUT2D eigenvalue weighted by molar-refractivity contribution is 0.356. The summed E-state index contributed by atoms with van der Waals surface area (Å²) in [7, 11) is 4.12. The highest BCUT2D eigenvalue weighted by atomic mass is 35.5. The molecule has 0 fully saturated rings. The minimum absolute atomic E-state index is 0.617. The number of hydrogen-bond acceptors (Lipinski definition) is 1. The molecule has 0 amide bonds. The zero-order chi connectivity index (χ0) is 12.6. The van der Waals surface area contributed by atoms with Crippen LogP contribution in [0.5, 0.6) is 0 Å². The standard InChI is InChI=1S/C8H10.C6H14ClN/c1-7-5-3-4-6-8(7)2;1-6(4-7)5-8(2)3/h3-6H,1-2H3;6H,4-5H2,1-3H3. The predicted octanol–water partition coefficient (Wildman–Crippen LogP) is 3.73. The number of halogens is 1. The van der Waals surface area contributed by atoms with Gasteiger partial charge in [0.25, 0.3) is 0 Å². The fourth-order valence-electron chi connectivity index (χ4n) is 1.33. The van der Waals surface area contributed by atoms with E-state index in [1.54, 1.807) is 0 Å². The summed E-state index contributed by atoms with van der Waals surface area (Å²) in [5.74, 6) is 1.38.